The summed E-state index contributed by atoms with van der Waals surface area (Å²) in [5, 5.41) is 18.9. The molecule has 0 aliphatic carbocycles. The van der Waals surface area contributed by atoms with E-state index in [1.807, 2.05) is 36.1 Å². The minimum atomic E-state index is -0.430. The molecule has 0 bridgehead atoms. The van der Waals surface area contributed by atoms with Crippen molar-refractivity contribution >= 4 is 39.0 Å². The molecule has 0 saturated carbocycles. The lowest BCUT2D eigenvalue weighted by Crippen LogP contribution is -2.20. The summed E-state index contributed by atoms with van der Waals surface area (Å²) in [5.41, 5.74) is 2.25. The first kappa shape index (κ1) is 20.1. The van der Waals surface area contributed by atoms with Gasteiger partial charge in [-0.25, -0.2) is 4.68 Å². The monoisotopic (exact) mass is 469 g/mol. The Balaban J connectivity index is 1.63. The zero-order chi connectivity index (χ0) is 21.3. The molecule has 1 N–H and O–H groups in total. The molecular weight excluding hydrogens is 450 g/mol. The first-order valence-electron chi connectivity index (χ1n) is 9.60. The summed E-state index contributed by atoms with van der Waals surface area (Å²) >= 11 is 3.44. The highest BCUT2D eigenvalue weighted by atomic mass is 79.9. The number of anilines is 2. The van der Waals surface area contributed by atoms with E-state index in [1.54, 1.807) is 22.9 Å². The van der Waals surface area contributed by atoms with Gasteiger partial charge < -0.3 is 10.2 Å². The Morgan fingerprint density at radius 3 is 2.63 bits per heavy atom. The molecule has 3 aromatic rings. The van der Waals surface area contributed by atoms with Crippen molar-refractivity contribution in [3.63, 3.8) is 0 Å². The molecule has 30 heavy (non-hydrogen) atoms. The van der Waals surface area contributed by atoms with Crippen LogP contribution in [0.5, 0.6) is 0 Å². The summed E-state index contributed by atoms with van der Waals surface area (Å²) in [6.07, 6.45) is 2.02. The molecule has 1 aliphatic heterocycles. The number of aryl methyl sites for hydroxylation is 1. The average Bonchev–Trinajstić information content (AvgIpc) is 3.37. The number of nitrogens with one attached hydrogen (secondary N) is 1. The van der Waals surface area contributed by atoms with Crippen molar-refractivity contribution in [2.45, 2.75) is 19.8 Å². The Morgan fingerprint density at radius 2 is 1.93 bits per heavy atom. The maximum atomic E-state index is 12.9. The van der Waals surface area contributed by atoms with Gasteiger partial charge in [0.1, 0.15) is 11.5 Å². The fraction of sp³-hybridized carbons (Fsp3) is 0.238. The van der Waals surface area contributed by atoms with Crippen molar-refractivity contribution in [3.8, 4) is 5.69 Å². The van der Waals surface area contributed by atoms with Gasteiger partial charge in [0.05, 0.1) is 16.3 Å². The second kappa shape index (κ2) is 8.27. The molecule has 0 radical (unpaired) electrons. The third kappa shape index (κ3) is 4.06. The van der Waals surface area contributed by atoms with Gasteiger partial charge in [-0.15, -0.1) is 0 Å². The number of rotatable bonds is 5. The van der Waals surface area contributed by atoms with Crippen LogP contribution >= 0.6 is 15.9 Å². The van der Waals surface area contributed by atoms with Crippen LogP contribution in [0.15, 0.2) is 53.0 Å². The Hall–Kier alpha value is -3.20. The van der Waals surface area contributed by atoms with Crippen LogP contribution in [-0.4, -0.2) is 33.7 Å². The minimum absolute atomic E-state index is 0.0544. The smallest absolute Gasteiger partial charge is 0.293 e. The summed E-state index contributed by atoms with van der Waals surface area (Å²) in [6, 6.07) is 13.9. The molecule has 1 aromatic heterocycles. The average molecular weight is 470 g/mol. The standard InChI is InChI=1S/C21H20BrN5O3/c1-14-11-20(26(24-14)17-6-4-5-16(22)13-17)23-21(28)15-7-8-18(19(12-15)27(29)30)25-9-2-3-10-25/h4-8,11-13H,2-3,9-10H2,1H3,(H,23,28). The van der Waals surface area contributed by atoms with Crippen LogP contribution in [0, 0.1) is 17.0 Å². The van der Waals surface area contributed by atoms with E-state index >= 15 is 0 Å². The Morgan fingerprint density at radius 1 is 1.17 bits per heavy atom. The first-order valence-corrected chi connectivity index (χ1v) is 10.4. The predicted molar refractivity (Wildman–Crippen MR) is 118 cm³/mol. The maximum Gasteiger partial charge on any atom is 0.293 e. The molecule has 1 saturated heterocycles. The molecule has 1 amide bonds. The van der Waals surface area contributed by atoms with Gasteiger partial charge in [-0.1, -0.05) is 22.0 Å². The number of carbonyl (C=O) groups is 1. The van der Waals surface area contributed by atoms with Crippen molar-refractivity contribution in [2.24, 2.45) is 0 Å². The third-order valence-corrected chi connectivity index (χ3v) is 5.50. The lowest BCUT2D eigenvalue weighted by molar-refractivity contribution is -0.384. The molecule has 154 valence electrons. The first-order chi connectivity index (χ1) is 14.4. The summed E-state index contributed by atoms with van der Waals surface area (Å²) in [7, 11) is 0. The number of amides is 1. The summed E-state index contributed by atoms with van der Waals surface area (Å²) in [6.45, 7) is 3.41. The number of hydrogen-bond acceptors (Lipinski definition) is 5. The van der Waals surface area contributed by atoms with E-state index < -0.39 is 10.8 Å². The minimum Gasteiger partial charge on any atom is -0.366 e. The fourth-order valence-corrected chi connectivity index (χ4v) is 4.01. The SMILES string of the molecule is Cc1cc(NC(=O)c2ccc(N3CCCC3)c([N+](=O)[O-])c2)n(-c2cccc(Br)c2)n1. The quantitative estimate of drug-likeness (QED) is 0.431. The highest BCUT2D eigenvalue weighted by molar-refractivity contribution is 9.10. The van der Waals surface area contributed by atoms with Crippen LogP contribution in [0.2, 0.25) is 0 Å². The van der Waals surface area contributed by atoms with Gasteiger partial charge in [-0.05, 0) is 50.1 Å². The van der Waals surface area contributed by atoms with Crippen molar-refractivity contribution < 1.29 is 9.72 Å². The Bertz CT molecular complexity index is 1120. The van der Waals surface area contributed by atoms with Gasteiger partial charge in [-0.3, -0.25) is 14.9 Å². The van der Waals surface area contributed by atoms with Crippen LogP contribution in [0.1, 0.15) is 28.9 Å². The Labute approximate surface area is 181 Å². The molecule has 2 aromatic carbocycles. The van der Waals surface area contributed by atoms with E-state index in [2.05, 4.69) is 26.3 Å². The van der Waals surface area contributed by atoms with Gasteiger partial charge in [0, 0.05) is 35.3 Å². The van der Waals surface area contributed by atoms with Gasteiger partial charge in [-0.2, -0.15) is 5.10 Å². The number of nitrogens with zero attached hydrogens (tertiary/aromatic N) is 4. The maximum absolute atomic E-state index is 12.9. The summed E-state index contributed by atoms with van der Waals surface area (Å²) in [5.74, 6) is 0.0593. The Kier molecular flexibility index (Phi) is 5.54. The number of halogens is 1. The topological polar surface area (TPSA) is 93.3 Å². The van der Waals surface area contributed by atoms with E-state index in [-0.39, 0.29) is 11.3 Å². The number of nitro benzene ring substituents is 1. The lowest BCUT2D eigenvalue weighted by atomic mass is 10.1. The normalized spacial score (nSPS) is 13.5. The van der Waals surface area contributed by atoms with Crippen LogP contribution in [0.25, 0.3) is 5.69 Å². The molecule has 0 atom stereocenters. The number of carbonyl (C=O) groups excluding carboxylic acids is 1. The number of nitro groups is 1. The van der Waals surface area contributed by atoms with Crippen molar-refractivity contribution in [2.75, 3.05) is 23.3 Å². The summed E-state index contributed by atoms with van der Waals surface area (Å²) < 4.78 is 2.52. The molecule has 8 nitrogen and oxygen atoms in total. The van der Waals surface area contributed by atoms with E-state index in [0.717, 1.165) is 41.8 Å². The van der Waals surface area contributed by atoms with Crippen molar-refractivity contribution in [3.05, 3.63) is 74.4 Å². The third-order valence-electron chi connectivity index (χ3n) is 5.01. The molecule has 1 fully saturated rings. The molecule has 4 rings (SSSR count). The van der Waals surface area contributed by atoms with Gasteiger partial charge in [0.15, 0.2) is 0 Å². The van der Waals surface area contributed by atoms with E-state index in [1.165, 1.54) is 6.07 Å². The number of aromatic nitrogens is 2. The van der Waals surface area contributed by atoms with Gasteiger partial charge in [0.25, 0.3) is 11.6 Å². The van der Waals surface area contributed by atoms with E-state index in [0.29, 0.717) is 11.5 Å². The van der Waals surface area contributed by atoms with Gasteiger partial charge in [0.2, 0.25) is 0 Å². The molecule has 2 heterocycles. The second-order valence-electron chi connectivity index (χ2n) is 7.17. The van der Waals surface area contributed by atoms with E-state index in [4.69, 9.17) is 0 Å². The fourth-order valence-electron chi connectivity index (χ4n) is 3.62. The summed E-state index contributed by atoms with van der Waals surface area (Å²) in [4.78, 5) is 26.1. The van der Waals surface area contributed by atoms with Crippen LogP contribution in [-0.2, 0) is 0 Å². The molecule has 0 spiro atoms. The lowest BCUT2D eigenvalue weighted by Gasteiger charge is -2.18. The van der Waals surface area contributed by atoms with Crippen LogP contribution in [0.3, 0.4) is 0 Å². The van der Waals surface area contributed by atoms with Gasteiger partial charge >= 0.3 is 0 Å². The largest absolute Gasteiger partial charge is 0.366 e. The molecule has 1 aliphatic rings. The number of benzene rings is 2. The van der Waals surface area contributed by atoms with Crippen LogP contribution in [0.4, 0.5) is 17.2 Å². The van der Waals surface area contributed by atoms with Crippen molar-refractivity contribution in [1.82, 2.24) is 9.78 Å². The van der Waals surface area contributed by atoms with Crippen molar-refractivity contribution in [1.29, 1.82) is 0 Å². The zero-order valence-corrected chi connectivity index (χ0v) is 17.9. The highest BCUT2D eigenvalue weighted by Gasteiger charge is 2.24. The molecular formula is C21H20BrN5O3. The molecule has 0 unspecified atom stereocenters. The predicted octanol–water partition coefficient (Wildman–Crippen LogP) is 4.70. The number of hydrogen-bond donors (Lipinski definition) is 1. The zero-order valence-electron chi connectivity index (χ0n) is 16.3. The highest BCUT2D eigenvalue weighted by Crippen LogP contribution is 2.32. The van der Waals surface area contributed by atoms with Crippen LogP contribution < -0.4 is 10.2 Å². The second-order valence-corrected chi connectivity index (χ2v) is 8.09. The molecule has 9 heteroatoms. The van der Waals surface area contributed by atoms with E-state index in [9.17, 15) is 14.9 Å².